The number of aliphatic hydroxyl groups is 1. The summed E-state index contributed by atoms with van der Waals surface area (Å²) >= 11 is 1.10. The van der Waals surface area contributed by atoms with Crippen molar-refractivity contribution in [3.63, 3.8) is 0 Å². The SMILES string of the molecule is CS(=O)(=O)c1c(N)nsc1N1CCC(O)CC1. The van der Waals surface area contributed by atoms with Crippen LogP contribution in [-0.2, 0) is 9.84 Å². The number of hydrogen-bond donors (Lipinski definition) is 2. The van der Waals surface area contributed by atoms with Crippen molar-refractivity contribution < 1.29 is 13.5 Å². The fourth-order valence-corrected chi connectivity index (χ4v) is 4.16. The fourth-order valence-electron chi connectivity index (χ4n) is 1.90. The van der Waals surface area contributed by atoms with Gasteiger partial charge in [0.1, 0.15) is 9.90 Å². The molecule has 1 aromatic rings. The first-order chi connectivity index (χ1) is 7.89. The summed E-state index contributed by atoms with van der Waals surface area (Å²) in [5, 5.41) is 10.0. The Hall–Kier alpha value is -0.860. The van der Waals surface area contributed by atoms with E-state index < -0.39 is 9.84 Å². The van der Waals surface area contributed by atoms with Gasteiger partial charge in [0.2, 0.25) is 0 Å². The number of nitrogen functional groups attached to an aromatic ring is 1. The summed E-state index contributed by atoms with van der Waals surface area (Å²) in [5.41, 5.74) is 5.61. The zero-order chi connectivity index (χ0) is 12.6. The van der Waals surface area contributed by atoms with Crippen LogP contribution < -0.4 is 10.6 Å². The van der Waals surface area contributed by atoms with E-state index in [9.17, 15) is 13.5 Å². The maximum absolute atomic E-state index is 11.7. The molecule has 1 aromatic heterocycles. The van der Waals surface area contributed by atoms with E-state index in [2.05, 4.69) is 4.37 Å². The second-order valence-electron chi connectivity index (χ2n) is 4.19. The van der Waals surface area contributed by atoms with Crippen molar-refractivity contribution in [2.45, 2.75) is 23.8 Å². The van der Waals surface area contributed by atoms with Crippen molar-refractivity contribution in [1.29, 1.82) is 0 Å². The molecule has 2 rings (SSSR count). The second kappa shape index (κ2) is 4.43. The number of rotatable bonds is 2. The van der Waals surface area contributed by atoms with Crippen LogP contribution in [-0.4, -0.2) is 43.3 Å². The molecule has 0 amide bonds. The zero-order valence-electron chi connectivity index (χ0n) is 9.46. The number of nitrogens with two attached hydrogens (primary N) is 1. The molecule has 96 valence electrons. The number of nitrogens with zero attached hydrogens (tertiary/aromatic N) is 2. The first-order valence-corrected chi connectivity index (χ1v) is 7.94. The van der Waals surface area contributed by atoms with E-state index in [1.165, 1.54) is 0 Å². The molecule has 2 heterocycles. The molecule has 3 N–H and O–H groups in total. The highest BCUT2D eigenvalue weighted by molar-refractivity contribution is 7.91. The van der Waals surface area contributed by atoms with E-state index in [1.54, 1.807) is 0 Å². The van der Waals surface area contributed by atoms with Crippen LogP contribution in [0.15, 0.2) is 4.90 Å². The van der Waals surface area contributed by atoms with Gasteiger partial charge in [-0.2, -0.15) is 4.37 Å². The third-order valence-corrected chi connectivity index (χ3v) is 4.98. The van der Waals surface area contributed by atoms with E-state index in [4.69, 9.17) is 5.73 Å². The summed E-state index contributed by atoms with van der Waals surface area (Å²) in [6, 6.07) is 0. The van der Waals surface area contributed by atoms with Gasteiger partial charge in [0.25, 0.3) is 0 Å². The summed E-state index contributed by atoms with van der Waals surface area (Å²) in [5.74, 6) is 0.0682. The number of sulfone groups is 1. The third kappa shape index (κ3) is 2.53. The van der Waals surface area contributed by atoms with Gasteiger partial charge in [0, 0.05) is 19.3 Å². The molecule has 0 aromatic carbocycles. The Bertz CT molecular complexity index is 504. The molecular weight excluding hydrogens is 262 g/mol. The largest absolute Gasteiger partial charge is 0.393 e. The topological polar surface area (TPSA) is 96.5 Å². The maximum atomic E-state index is 11.7. The molecule has 0 unspecified atom stereocenters. The summed E-state index contributed by atoms with van der Waals surface area (Å²) in [6.07, 6.45) is 2.12. The average molecular weight is 277 g/mol. The first-order valence-electron chi connectivity index (χ1n) is 5.28. The minimum atomic E-state index is -3.36. The zero-order valence-corrected chi connectivity index (χ0v) is 11.1. The van der Waals surface area contributed by atoms with Gasteiger partial charge < -0.3 is 15.7 Å². The quantitative estimate of drug-likeness (QED) is 0.795. The van der Waals surface area contributed by atoms with Crippen molar-refractivity contribution >= 4 is 32.2 Å². The Labute approximate surface area is 104 Å². The van der Waals surface area contributed by atoms with E-state index in [-0.39, 0.29) is 16.8 Å². The lowest BCUT2D eigenvalue weighted by molar-refractivity contribution is 0.145. The fraction of sp³-hybridized carbons (Fsp3) is 0.667. The van der Waals surface area contributed by atoms with Crippen molar-refractivity contribution in [1.82, 2.24) is 4.37 Å². The minimum absolute atomic E-state index is 0.0682. The highest BCUT2D eigenvalue weighted by atomic mass is 32.2. The third-order valence-electron chi connectivity index (χ3n) is 2.78. The van der Waals surface area contributed by atoms with Crippen LogP contribution in [0.25, 0.3) is 0 Å². The Morgan fingerprint density at radius 2 is 2.06 bits per heavy atom. The summed E-state index contributed by atoms with van der Waals surface area (Å²) in [7, 11) is -3.36. The molecule has 0 aliphatic carbocycles. The van der Waals surface area contributed by atoms with Crippen molar-refractivity contribution in [3.8, 4) is 0 Å². The highest BCUT2D eigenvalue weighted by Crippen LogP contribution is 2.35. The van der Waals surface area contributed by atoms with Crippen LogP contribution in [0.5, 0.6) is 0 Å². The van der Waals surface area contributed by atoms with E-state index in [1.807, 2.05) is 4.90 Å². The lowest BCUT2D eigenvalue weighted by atomic mass is 10.1. The van der Waals surface area contributed by atoms with Gasteiger partial charge in [-0.05, 0) is 24.4 Å². The van der Waals surface area contributed by atoms with Gasteiger partial charge in [0.05, 0.1) is 6.10 Å². The second-order valence-corrected chi connectivity index (χ2v) is 6.90. The van der Waals surface area contributed by atoms with Crippen LogP contribution in [0.4, 0.5) is 10.8 Å². The molecule has 0 atom stereocenters. The summed E-state index contributed by atoms with van der Waals surface area (Å²) in [6.45, 7) is 1.26. The minimum Gasteiger partial charge on any atom is -0.393 e. The van der Waals surface area contributed by atoms with Crippen molar-refractivity contribution in [3.05, 3.63) is 0 Å². The van der Waals surface area contributed by atoms with Crippen LogP contribution in [0, 0.1) is 0 Å². The molecule has 1 aliphatic rings. The molecule has 0 bridgehead atoms. The number of hydrogen-bond acceptors (Lipinski definition) is 7. The number of aliphatic hydroxyl groups excluding tert-OH is 1. The van der Waals surface area contributed by atoms with Gasteiger partial charge in [-0.25, -0.2) is 8.42 Å². The lowest BCUT2D eigenvalue weighted by Gasteiger charge is -2.30. The van der Waals surface area contributed by atoms with E-state index in [0.717, 1.165) is 17.8 Å². The average Bonchev–Trinajstić information content (AvgIpc) is 2.61. The van der Waals surface area contributed by atoms with Gasteiger partial charge in [0.15, 0.2) is 15.7 Å². The van der Waals surface area contributed by atoms with E-state index in [0.29, 0.717) is 30.9 Å². The Morgan fingerprint density at radius 3 is 2.59 bits per heavy atom. The predicted molar refractivity (Wildman–Crippen MR) is 67.1 cm³/mol. The molecule has 1 aliphatic heterocycles. The lowest BCUT2D eigenvalue weighted by Crippen LogP contribution is -2.35. The van der Waals surface area contributed by atoms with Crippen LogP contribution in [0.1, 0.15) is 12.8 Å². The summed E-state index contributed by atoms with van der Waals surface area (Å²) in [4.78, 5) is 2.05. The monoisotopic (exact) mass is 277 g/mol. The Kier molecular flexibility index (Phi) is 3.28. The maximum Gasteiger partial charge on any atom is 0.182 e. The molecule has 6 nitrogen and oxygen atoms in total. The van der Waals surface area contributed by atoms with Gasteiger partial charge in [-0.1, -0.05) is 0 Å². The first kappa shape index (κ1) is 12.6. The van der Waals surface area contributed by atoms with Crippen molar-refractivity contribution in [2.75, 3.05) is 30.0 Å². The Balaban J connectivity index is 2.34. The molecular formula is C9H15N3O3S2. The molecule has 17 heavy (non-hydrogen) atoms. The molecule has 0 spiro atoms. The van der Waals surface area contributed by atoms with Gasteiger partial charge in [-0.15, -0.1) is 0 Å². The predicted octanol–water partition coefficient (Wildman–Crippen LogP) is 0.0899. The molecule has 8 heteroatoms. The van der Waals surface area contributed by atoms with Crippen LogP contribution >= 0.6 is 11.5 Å². The highest BCUT2D eigenvalue weighted by Gasteiger charge is 2.27. The Morgan fingerprint density at radius 1 is 1.47 bits per heavy atom. The molecule has 1 saturated heterocycles. The molecule has 0 radical (unpaired) electrons. The standard InChI is InChI=1S/C9H15N3O3S2/c1-17(14,15)7-8(10)11-16-9(7)12-4-2-6(13)3-5-12/h6,13H,2-5H2,1H3,(H2,10,11). The summed E-state index contributed by atoms with van der Waals surface area (Å²) < 4.78 is 27.2. The van der Waals surface area contributed by atoms with Crippen LogP contribution in [0.2, 0.25) is 0 Å². The van der Waals surface area contributed by atoms with Gasteiger partial charge in [-0.3, -0.25) is 0 Å². The normalized spacial score (nSPS) is 18.6. The van der Waals surface area contributed by atoms with Crippen LogP contribution in [0.3, 0.4) is 0 Å². The number of piperidine rings is 1. The molecule has 0 saturated carbocycles. The van der Waals surface area contributed by atoms with E-state index >= 15 is 0 Å². The number of aromatic nitrogens is 1. The molecule has 1 fully saturated rings. The smallest absolute Gasteiger partial charge is 0.182 e. The number of anilines is 2. The van der Waals surface area contributed by atoms with Crippen molar-refractivity contribution in [2.24, 2.45) is 0 Å². The van der Waals surface area contributed by atoms with Gasteiger partial charge >= 0.3 is 0 Å².